The summed E-state index contributed by atoms with van der Waals surface area (Å²) in [4.78, 5) is 27.5. The van der Waals surface area contributed by atoms with E-state index in [0.717, 1.165) is 54.3 Å². The van der Waals surface area contributed by atoms with E-state index in [-0.39, 0.29) is 23.5 Å². The predicted molar refractivity (Wildman–Crippen MR) is 132 cm³/mol. The standard InChI is InChI=1S/C29H28FNO5/c1-16(29(33)34)28(18-4-5-18)20-6-3-17-8-10-25(36-26(17)12-20)19-7-9-22(21(11-19)15-32)23-13-27(35-2)31-14-24(23)30/h3,6-7,9,11-16,18,25,28H,4-5,8,10H2,1-2H3,(H,33,34)/t16?,25-,28?/m0/s1. The molecule has 0 bridgehead atoms. The van der Waals surface area contributed by atoms with Gasteiger partial charge in [0.15, 0.2) is 6.29 Å². The molecule has 3 aromatic rings. The Morgan fingerprint density at radius 2 is 1.97 bits per heavy atom. The Morgan fingerprint density at radius 3 is 2.67 bits per heavy atom. The van der Waals surface area contributed by atoms with Crippen LogP contribution in [-0.2, 0) is 11.2 Å². The molecule has 0 radical (unpaired) electrons. The van der Waals surface area contributed by atoms with E-state index in [1.165, 1.54) is 13.2 Å². The second-order valence-electron chi connectivity index (χ2n) is 9.67. The van der Waals surface area contributed by atoms with Crippen molar-refractivity contribution in [3.8, 4) is 22.8 Å². The number of benzene rings is 2. The summed E-state index contributed by atoms with van der Waals surface area (Å²) in [5, 5.41) is 9.63. The fourth-order valence-electron chi connectivity index (χ4n) is 5.27. The minimum Gasteiger partial charge on any atom is -0.485 e. The molecule has 2 unspecified atom stereocenters. The molecule has 6 nitrogen and oxygen atoms in total. The lowest BCUT2D eigenvalue weighted by atomic mass is 9.82. The third-order valence-corrected chi connectivity index (χ3v) is 7.38. The van der Waals surface area contributed by atoms with Gasteiger partial charge in [0.2, 0.25) is 5.88 Å². The zero-order chi connectivity index (χ0) is 25.4. The summed E-state index contributed by atoms with van der Waals surface area (Å²) in [5.41, 5.74) is 3.97. The maximum absolute atomic E-state index is 14.5. The maximum Gasteiger partial charge on any atom is 0.306 e. The van der Waals surface area contributed by atoms with Crippen LogP contribution in [0.2, 0.25) is 0 Å². The number of aromatic nitrogens is 1. The van der Waals surface area contributed by atoms with Crippen LogP contribution in [0.1, 0.15) is 65.3 Å². The van der Waals surface area contributed by atoms with E-state index in [1.54, 1.807) is 19.1 Å². The van der Waals surface area contributed by atoms with Crippen LogP contribution in [0.15, 0.2) is 48.7 Å². The largest absolute Gasteiger partial charge is 0.485 e. The molecule has 186 valence electrons. The zero-order valence-electron chi connectivity index (χ0n) is 20.2. The van der Waals surface area contributed by atoms with Gasteiger partial charge in [-0.25, -0.2) is 9.37 Å². The third-order valence-electron chi connectivity index (χ3n) is 7.38. The first kappa shape index (κ1) is 24.0. The van der Waals surface area contributed by atoms with Crippen LogP contribution >= 0.6 is 0 Å². The van der Waals surface area contributed by atoms with Gasteiger partial charge in [-0.05, 0) is 71.9 Å². The van der Waals surface area contributed by atoms with E-state index in [2.05, 4.69) is 4.98 Å². The Balaban J connectivity index is 1.44. The second-order valence-corrected chi connectivity index (χ2v) is 9.67. The van der Waals surface area contributed by atoms with Gasteiger partial charge in [-0.3, -0.25) is 9.59 Å². The van der Waals surface area contributed by atoms with Gasteiger partial charge < -0.3 is 14.6 Å². The fraction of sp³-hybridized carbons (Fsp3) is 0.345. The van der Waals surface area contributed by atoms with Gasteiger partial charge in [0, 0.05) is 17.2 Å². The molecule has 1 aromatic heterocycles. The van der Waals surface area contributed by atoms with Gasteiger partial charge in [-0.15, -0.1) is 0 Å². The molecule has 5 rings (SSSR count). The van der Waals surface area contributed by atoms with Crippen LogP contribution in [0.4, 0.5) is 4.39 Å². The van der Waals surface area contributed by atoms with Crippen LogP contribution in [-0.4, -0.2) is 29.5 Å². The molecule has 1 saturated carbocycles. The molecular weight excluding hydrogens is 461 g/mol. The first-order valence-electron chi connectivity index (χ1n) is 12.2. The van der Waals surface area contributed by atoms with Crippen molar-refractivity contribution in [2.75, 3.05) is 7.11 Å². The molecule has 36 heavy (non-hydrogen) atoms. The SMILES string of the molecule is COc1cc(-c2ccc([C@@H]3CCc4ccc(C(C5CC5)C(C)C(=O)O)cc4O3)cc2C=O)c(F)cn1. The molecule has 1 fully saturated rings. The highest BCUT2D eigenvalue weighted by molar-refractivity contribution is 5.88. The molecule has 2 aromatic carbocycles. The van der Waals surface area contributed by atoms with Gasteiger partial charge in [-0.1, -0.05) is 31.2 Å². The van der Waals surface area contributed by atoms with Crippen LogP contribution in [0.25, 0.3) is 11.1 Å². The number of rotatable bonds is 8. The number of pyridine rings is 1. The van der Waals surface area contributed by atoms with Gasteiger partial charge in [0.1, 0.15) is 17.7 Å². The van der Waals surface area contributed by atoms with Crippen molar-refractivity contribution in [2.45, 2.75) is 44.6 Å². The van der Waals surface area contributed by atoms with Crippen molar-refractivity contribution in [1.82, 2.24) is 4.98 Å². The van der Waals surface area contributed by atoms with Crippen molar-refractivity contribution in [3.63, 3.8) is 0 Å². The molecule has 1 N–H and O–H groups in total. The van der Waals surface area contributed by atoms with Gasteiger partial charge in [0.25, 0.3) is 0 Å². The van der Waals surface area contributed by atoms with Crippen molar-refractivity contribution in [2.24, 2.45) is 11.8 Å². The normalized spacial score (nSPS) is 18.5. The minimum atomic E-state index is -0.784. The topological polar surface area (TPSA) is 85.7 Å². The molecular formula is C29H28FNO5. The summed E-state index contributed by atoms with van der Waals surface area (Å²) < 4.78 is 26.0. The number of aryl methyl sites for hydroxylation is 1. The highest BCUT2D eigenvalue weighted by Gasteiger charge is 2.39. The van der Waals surface area contributed by atoms with E-state index < -0.39 is 17.7 Å². The summed E-state index contributed by atoms with van der Waals surface area (Å²) >= 11 is 0. The van der Waals surface area contributed by atoms with E-state index in [0.29, 0.717) is 23.3 Å². The maximum atomic E-state index is 14.5. The smallest absolute Gasteiger partial charge is 0.306 e. The molecule has 2 aliphatic rings. The molecule has 0 spiro atoms. The molecule has 2 heterocycles. The molecule has 0 saturated heterocycles. The molecule has 3 atom stereocenters. The summed E-state index contributed by atoms with van der Waals surface area (Å²) in [6.07, 6.45) is 5.16. The van der Waals surface area contributed by atoms with Crippen LogP contribution in [0.5, 0.6) is 11.6 Å². The highest BCUT2D eigenvalue weighted by Crippen LogP contribution is 2.48. The average Bonchev–Trinajstić information content (AvgIpc) is 3.73. The number of fused-ring (bicyclic) bond motifs is 1. The number of nitrogens with zero attached hydrogens (tertiary/aromatic N) is 1. The Labute approximate surface area is 209 Å². The Kier molecular flexibility index (Phi) is 6.48. The molecule has 7 heteroatoms. The molecule has 1 aliphatic carbocycles. The van der Waals surface area contributed by atoms with Gasteiger partial charge >= 0.3 is 5.97 Å². The first-order valence-corrected chi connectivity index (χ1v) is 12.2. The van der Waals surface area contributed by atoms with Crippen LogP contribution < -0.4 is 9.47 Å². The second kappa shape index (κ2) is 9.72. The number of carbonyl (C=O) groups is 2. The number of aldehydes is 1. The number of methoxy groups -OCH3 is 1. The number of carboxylic acid groups (broad SMARTS) is 1. The average molecular weight is 490 g/mol. The van der Waals surface area contributed by atoms with Crippen molar-refractivity contribution >= 4 is 12.3 Å². The number of carbonyl (C=O) groups excluding carboxylic acids is 1. The Bertz CT molecular complexity index is 1320. The van der Waals surface area contributed by atoms with Crippen molar-refractivity contribution < 1.29 is 28.6 Å². The highest BCUT2D eigenvalue weighted by atomic mass is 19.1. The number of hydrogen-bond donors (Lipinski definition) is 1. The van der Waals surface area contributed by atoms with Crippen LogP contribution in [0, 0.1) is 17.7 Å². The zero-order valence-corrected chi connectivity index (χ0v) is 20.2. The first-order chi connectivity index (χ1) is 17.4. The van der Waals surface area contributed by atoms with E-state index in [4.69, 9.17) is 9.47 Å². The summed E-state index contributed by atoms with van der Waals surface area (Å²) in [6, 6.07) is 12.9. The predicted octanol–water partition coefficient (Wildman–Crippen LogP) is 5.99. The van der Waals surface area contributed by atoms with Gasteiger partial charge in [0.05, 0.1) is 19.2 Å². The monoisotopic (exact) mass is 489 g/mol. The third kappa shape index (κ3) is 4.57. The quantitative estimate of drug-likeness (QED) is 0.391. The van der Waals surface area contributed by atoms with Gasteiger partial charge in [-0.2, -0.15) is 0 Å². The summed E-state index contributed by atoms with van der Waals surface area (Å²) in [5.74, 6) is -0.417. The Hall–Kier alpha value is -3.74. The van der Waals surface area contributed by atoms with E-state index in [1.807, 2.05) is 24.3 Å². The lowest BCUT2D eigenvalue weighted by molar-refractivity contribution is -0.142. The van der Waals surface area contributed by atoms with Crippen LogP contribution in [0.3, 0.4) is 0 Å². The minimum absolute atomic E-state index is 0.0371. The molecule has 1 aliphatic heterocycles. The lowest BCUT2D eigenvalue weighted by Crippen LogP contribution is -2.21. The fourth-order valence-corrected chi connectivity index (χ4v) is 5.27. The number of hydrogen-bond acceptors (Lipinski definition) is 5. The summed E-state index contributed by atoms with van der Waals surface area (Å²) in [7, 11) is 1.45. The Morgan fingerprint density at radius 1 is 1.17 bits per heavy atom. The summed E-state index contributed by atoms with van der Waals surface area (Å²) in [6.45, 7) is 1.78. The number of aliphatic carboxylic acids is 1. The number of ether oxygens (including phenoxy) is 2. The number of halogens is 1. The molecule has 0 amide bonds. The van der Waals surface area contributed by atoms with Crippen molar-refractivity contribution in [3.05, 3.63) is 76.7 Å². The van der Waals surface area contributed by atoms with E-state index >= 15 is 0 Å². The van der Waals surface area contributed by atoms with E-state index in [9.17, 15) is 19.1 Å². The number of carboxylic acids is 1. The van der Waals surface area contributed by atoms with Crippen molar-refractivity contribution in [1.29, 1.82) is 0 Å². The lowest BCUT2D eigenvalue weighted by Gasteiger charge is -2.29.